The lowest BCUT2D eigenvalue weighted by atomic mass is 10.1. The Morgan fingerprint density at radius 1 is 1.26 bits per heavy atom. The molecule has 0 spiro atoms. The molecule has 2 aromatic rings. The van der Waals surface area contributed by atoms with Gasteiger partial charge in [0.25, 0.3) is 0 Å². The van der Waals surface area contributed by atoms with Crippen LogP contribution in [-0.2, 0) is 0 Å². The summed E-state index contributed by atoms with van der Waals surface area (Å²) >= 11 is 3.27. The molecule has 0 heterocycles. The van der Waals surface area contributed by atoms with Gasteiger partial charge >= 0.3 is 5.97 Å². The number of rotatable bonds is 3. The zero-order valence-electron chi connectivity index (χ0n) is 10.1. The van der Waals surface area contributed by atoms with Crippen LogP contribution in [0.25, 0.3) is 0 Å². The number of halogens is 2. The van der Waals surface area contributed by atoms with Gasteiger partial charge in [0.05, 0.1) is 11.3 Å². The first-order valence-electron chi connectivity index (χ1n) is 5.53. The Hall–Kier alpha value is -1.88. The van der Waals surface area contributed by atoms with E-state index in [9.17, 15) is 9.18 Å². The van der Waals surface area contributed by atoms with Crippen molar-refractivity contribution < 1.29 is 14.3 Å². The molecule has 0 aliphatic rings. The molecule has 98 valence electrons. The number of carboxylic acid groups (broad SMARTS) is 1. The third-order valence-corrected chi connectivity index (χ3v) is 3.16. The quantitative estimate of drug-likeness (QED) is 0.883. The molecule has 2 N–H and O–H groups in total. The predicted molar refractivity (Wildman–Crippen MR) is 75.5 cm³/mol. The Morgan fingerprint density at radius 3 is 2.63 bits per heavy atom. The molecule has 0 aliphatic carbocycles. The van der Waals surface area contributed by atoms with Gasteiger partial charge in [0.15, 0.2) is 0 Å². The summed E-state index contributed by atoms with van der Waals surface area (Å²) in [7, 11) is 0. The van der Waals surface area contributed by atoms with Crippen LogP contribution < -0.4 is 5.32 Å². The van der Waals surface area contributed by atoms with E-state index in [2.05, 4.69) is 21.2 Å². The Balaban J connectivity index is 2.31. The lowest BCUT2D eigenvalue weighted by Gasteiger charge is -2.10. The van der Waals surface area contributed by atoms with Crippen LogP contribution in [0.5, 0.6) is 0 Å². The van der Waals surface area contributed by atoms with Crippen molar-refractivity contribution in [2.24, 2.45) is 0 Å². The van der Waals surface area contributed by atoms with E-state index in [4.69, 9.17) is 5.11 Å². The molecule has 2 aromatic carbocycles. The van der Waals surface area contributed by atoms with Crippen molar-refractivity contribution >= 4 is 33.3 Å². The van der Waals surface area contributed by atoms with Crippen molar-refractivity contribution in [3.8, 4) is 0 Å². The molecule has 0 saturated heterocycles. The number of carbonyl (C=O) groups is 1. The van der Waals surface area contributed by atoms with E-state index in [1.807, 2.05) is 0 Å². The van der Waals surface area contributed by atoms with E-state index >= 15 is 0 Å². The summed E-state index contributed by atoms with van der Waals surface area (Å²) in [6.45, 7) is 1.70. The fourth-order valence-corrected chi connectivity index (χ4v) is 2.09. The first-order valence-corrected chi connectivity index (χ1v) is 6.32. The number of aromatic carboxylic acids is 1. The fourth-order valence-electron chi connectivity index (χ4n) is 1.73. The van der Waals surface area contributed by atoms with Crippen LogP contribution in [0.3, 0.4) is 0 Å². The topological polar surface area (TPSA) is 49.3 Å². The second kappa shape index (κ2) is 5.40. The highest BCUT2D eigenvalue weighted by molar-refractivity contribution is 9.10. The maximum atomic E-state index is 13.6. The van der Waals surface area contributed by atoms with E-state index in [-0.39, 0.29) is 11.4 Å². The van der Waals surface area contributed by atoms with Gasteiger partial charge in [-0.3, -0.25) is 0 Å². The molecule has 0 amide bonds. The van der Waals surface area contributed by atoms with Crippen LogP contribution in [0, 0.1) is 12.7 Å². The van der Waals surface area contributed by atoms with Gasteiger partial charge in [-0.1, -0.05) is 15.9 Å². The van der Waals surface area contributed by atoms with E-state index < -0.39 is 5.97 Å². The van der Waals surface area contributed by atoms with Crippen LogP contribution in [0.1, 0.15) is 15.9 Å². The number of hydrogen-bond donors (Lipinski definition) is 2. The fraction of sp³-hybridized carbons (Fsp3) is 0.0714. The number of nitrogens with one attached hydrogen (secondary N) is 1. The summed E-state index contributed by atoms with van der Waals surface area (Å²) in [6.07, 6.45) is 0. The number of aryl methyl sites for hydroxylation is 1. The Morgan fingerprint density at radius 2 is 2.00 bits per heavy atom. The molecule has 3 nitrogen and oxygen atoms in total. The molecule has 2 rings (SSSR count). The highest BCUT2D eigenvalue weighted by Gasteiger charge is 2.08. The number of carboxylic acids is 1. The largest absolute Gasteiger partial charge is 0.478 e. The minimum Gasteiger partial charge on any atom is -0.478 e. The van der Waals surface area contributed by atoms with Crippen molar-refractivity contribution in [3.63, 3.8) is 0 Å². The average Bonchev–Trinajstić information content (AvgIpc) is 2.33. The summed E-state index contributed by atoms with van der Waals surface area (Å²) in [6, 6.07) is 9.36. The second-order valence-electron chi connectivity index (χ2n) is 4.08. The Bertz CT molecular complexity index is 643. The maximum absolute atomic E-state index is 13.6. The van der Waals surface area contributed by atoms with Crippen molar-refractivity contribution in [1.29, 1.82) is 0 Å². The molecule has 19 heavy (non-hydrogen) atoms. The van der Waals surface area contributed by atoms with Gasteiger partial charge in [-0.2, -0.15) is 0 Å². The highest BCUT2D eigenvalue weighted by Crippen LogP contribution is 2.25. The highest BCUT2D eigenvalue weighted by atomic mass is 79.9. The van der Waals surface area contributed by atoms with E-state index in [1.54, 1.807) is 31.2 Å². The molecular formula is C14H11BrFNO2. The van der Waals surface area contributed by atoms with Gasteiger partial charge in [0.1, 0.15) is 5.82 Å². The van der Waals surface area contributed by atoms with Crippen LogP contribution in [0.2, 0.25) is 0 Å². The first-order chi connectivity index (χ1) is 8.97. The van der Waals surface area contributed by atoms with Gasteiger partial charge < -0.3 is 10.4 Å². The van der Waals surface area contributed by atoms with Crippen molar-refractivity contribution in [2.75, 3.05) is 5.32 Å². The van der Waals surface area contributed by atoms with Crippen molar-refractivity contribution in [3.05, 3.63) is 57.8 Å². The molecule has 5 heteroatoms. The molecular weight excluding hydrogens is 313 g/mol. The number of hydrogen-bond acceptors (Lipinski definition) is 2. The SMILES string of the molecule is Cc1cc(Nc2cc(Br)ccc2F)ccc1C(=O)O. The monoisotopic (exact) mass is 323 g/mol. The van der Waals surface area contributed by atoms with Crippen molar-refractivity contribution in [1.82, 2.24) is 0 Å². The van der Waals surface area contributed by atoms with Gasteiger partial charge in [-0.25, -0.2) is 9.18 Å². The van der Waals surface area contributed by atoms with Gasteiger partial charge in [-0.05, 0) is 48.9 Å². The summed E-state index contributed by atoms with van der Waals surface area (Å²) in [5, 5.41) is 11.9. The van der Waals surface area contributed by atoms with Gasteiger partial charge in [-0.15, -0.1) is 0 Å². The summed E-state index contributed by atoms with van der Waals surface area (Å²) in [5.74, 6) is -1.35. The smallest absolute Gasteiger partial charge is 0.335 e. The Kier molecular flexibility index (Phi) is 3.85. The van der Waals surface area contributed by atoms with Gasteiger partial charge in [0.2, 0.25) is 0 Å². The third kappa shape index (κ3) is 3.12. The second-order valence-corrected chi connectivity index (χ2v) is 5.00. The van der Waals surface area contributed by atoms with Crippen LogP contribution in [-0.4, -0.2) is 11.1 Å². The normalized spacial score (nSPS) is 10.3. The van der Waals surface area contributed by atoms with E-state index in [0.29, 0.717) is 16.9 Å². The lowest BCUT2D eigenvalue weighted by molar-refractivity contribution is 0.0696. The predicted octanol–water partition coefficient (Wildman–Crippen LogP) is 4.34. The van der Waals surface area contributed by atoms with Crippen molar-refractivity contribution in [2.45, 2.75) is 6.92 Å². The molecule has 0 unspecified atom stereocenters. The third-order valence-electron chi connectivity index (χ3n) is 2.66. The summed E-state index contributed by atoms with van der Waals surface area (Å²) in [5.41, 5.74) is 1.82. The number of benzene rings is 2. The zero-order valence-corrected chi connectivity index (χ0v) is 11.7. The summed E-state index contributed by atoms with van der Waals surface area (Å²) in [4.78, 5) is 10.9. The molecule has 0 aromatic heterocycles. The number of anilines is 2. The van der Waals surface area contributed by atoms with Crippen LogP contribution in [0.15, 0.2) is 40.9 Å². The summed E-state index contributed by atoms with van der Waals surface area (Å²) < 4.78 is 14.3. The van der Waals surface area contributed by atoms with Crippen LogP contribution >= 0.6 is 15.9 Å². The molecule has 0 saturated carbocycles. The molecule has 0 aliphatic heterocycles. The van der Waals surface area contributed by atoms with E-state index in [1.165, 1.54) is 12.1 Å². The average molecular weight is 324 g/mol. The molecule has 0 atom stereocenters. The minimum absolute atomic E-state index is 0.236. The zero-order chi connectivity index (χ0) is 14.0. The molecule has 0 bridgehead atoms. The van der Waals surface area contributed by atoms with Gasteiger partial charge in [0, 0.05) is 10.2 Å². The minimum atomic E-state index is -0.974. The van der Waals surface area contributed by atoms with Crippen LogP contribution in [0.4, 0.5) is 15.8 Å². The first kappa shape index (κ1) is 13.5. The Labute approximate surface area is 118 Å². The molecule has 0 fully saturated rings. The molecule has 0 radical (unpaired) electrons. The van der Waals surface area contributed by atoms with E-state index in [0.717, 1.165) is 4.47 Å². The lowest BCUT2D eigenvalue weighted by Crippen LogP contribution is -2.01. The standard InChI is InChI=1S/C14H11BrFNO2/c1-8-6-10(3-4-11(8)14(18)19)17-13-7-9(15)2-5-12(13)16/h2-7,17H,1H3,(H,18,19). The maximum Gasteiger partial charge on any atom is 0.335 e.